The molecular weight excluding hydrogens is 538 g/mol. The third kappa shape index (κ3) is 9.88. The molecule has 0 aliphatic rings. The Morgan fingerprint density at radius 1 is 0.675 bits per heavy atom. The van der Waals surface area contributed by atoms with Crippen molar-refractivity contribution in [1.29, 1.82) is 0 Å². The molecule has 0 radical (unpaired) electrons. The quantitative estimate of drug-likeness (QED) is 0.224. The molecule has 4 rings (SSSR count). The van der Waals surface area contributed by atoms with Crippen LogP contribution < -0.4 is 23.2 Å². The van der Waals surface area contributed by atoms with Crippen LogP contribution in [0.2, 0.25) is 0 Å². The average molecular weight is 566 g/mol. The van der Waals surface area contributed by atoms with E-state index in [1.165, 1.54) is 13.8 Å². The number of hydrogen-bond donors (Lipinski definition) is 0. The van der Waals surface area contributed by atoms with Gasteiger partial charge in [-0.25, -0.2) is 18.6 Å². The number of aromatic nitrogens is 1. The van der Waals surface area contributed by atoms with Crippen LogP contribution in [0.3, 0.4) is 0 Å². The summed E-state index contributed by atoms with van der Waals surface area (Å²) in [6, 6.07) is 34.7. The van der Waals surface area contributed by atoms with Crippen LogP contribution in [0.25, 0.3) is 33.6 Å². The largest absolute Gasteiger partial charge is 0.462 e. The first-order valence-corrected chi connectivity index (χ1v) is 13.4. The van der Waals surface area contributed by atoms with Crippen molar-refractivity contribution >= 4 is 11.9 Å². The van der Waals surface area contributed by atoms with Gasteiger partial charge in [0.1, 0.15) is 6.61 Å². The third-order valence-corrected chi connectivity index (χ3v) is 5.60. The summed E-state index contributed by atoms with van der Waals surface area (Å²) in [4.78, 5) is 23.4. The minimum atomic E-state index is -4.94. The Hall–Kier alpha value is -4.12. The summed E-state index contributed by atoms with van der Waals surface area (Å²) in [7, 11) is -4.94. The molecule has 40 heavy (non-hydrogen) atoms. The molecule has 4 aromatic rings. The maximum absolute atomic E-state index is 11.9. The second-order valence-corrected chi connectivity index (χ2v) is 9.39. The number of hydrogen-bond acceptors (Lipinski definition) is 8. The third-order valence-electron chi connectivity index (χ3n) is 5.60. The van der Waals surface area contributed by atoms with Crippen molar-refractivity contribution in [1.82, 2.24) is 0 Å². The summed E-state index contributed by atoms with van der Waals surface area (Å²) < 4.78 is 46.9. The van der Waals surface area contributed by atoms with Gasteiger partial charge in [0, 0.05) is 37.1 Å². The smallest absolute Gasteiger partial charge is 0.303 e. The summed E-state index contributed by atoms with van der Waals surface area (Å²) >= 11 is 0. The first-order valence-electron chi connectivity index (χ1n) is 12.2. The van der Waals surface area contributed by atoms with Crippen molar-refractivity contribution in [3.8, 4) is 33.6 Å². The van der Waals surface area contributed by atoms with Crippen molar-refractivity contribution in [3.63, 3.8) is 0 Å². The van der Waals surface area contributed by atoms with Gasteiger partial charge in [-0.15, -0.1) is 10.2 Å². The van der Waals surface area contributed by atoms with Crippen LogP contribution in [0.1, 0.15) is 13.8 Å². The summed E-state index contributed by atoms with van der Waals surface area (Å²) in [6.07, 6.45) is -0.645. The summed E-state index contributed by atoms with van der Waals surface area (Å²) in [5.41, 5.74) is 6.15. The Morgan fingerprint density at radius 3 is 1.45 bits per heavy atom. The Balaban J connectivity index is 0.000000810. The standard InChI is InChI=1S/C30H28NO4.ClHO4/c1-22(32)34-21-28(35-23(2)33)20-31-29(25-14-8-4-9-15-25)18-27(24-12-6-3-7-13-24)19-30(31)26-16-10-5-11-17-26;2-1(3,4)5/h3-19,28H,20-21H2,1-2H3;(H,2,3,4,5)/q+1;/p-1. The highest BCUT2D eigenvalue weighted by Crippen LogP contribution is 2.29. The molecule has 1 heterocycles. The molecule has 1 atom stereocenters. The Labute approximate surface area is 234 Å². The van der Waals surface area contributed by atoms with E-state index in [2.05, 4.69) is 53.1 Å². The van der Waals surface area contributed by atoms with Crippen LogP contribution in [0.4, 0.5) is 0 Å². The number of halogens is 1. The number of benzene rings is 3. The van der Waals surface area contributed by atoms with E-state index in [-0.39, 0.29) is 6.61 Å². The fraction of sp³-hybridized carbons (Fsp3) is 0.167. The first-order chi connectivity index (χ1) is 19.0. The monoisotopic (exact) mass is 565 g/mol. The molecule has 0 saturated carbocycles. The molecule has 0 spiro atoms. The summed E-state index contributed by atoms with van der Waals surface area (Å²) in [5.74, 6) is -0.843. The van der Waals surface area contributed by atoms with E-state index in [4.69, 9.17) is 28.1 Å². The maximum atomic E-state index is 11.9. The number of ether oxygens (including phenoxy) is 2. The van der Waals surface area contributed by atoms with Crippen molar-refractivity contribution in [2.45, 2.75) is 26.5 Å². The molecule has 0 aliphatic carbocycles. The van der Waals surface area contributed by atoms with Crippen LogP contribution in [0.15, 0.2) is 103 Å². The van der Waals surface area contributed by atoms with Gasteiger partial charge in [0.05, 0.1) is 0 Å². The lowest BCUT2D eigenvalue weighted by molar-refractivity contribution is -2.00. The SMILES string of the molecule is CC(=O)OCC(C[n+]1c(-c2ccccc2)cc(-c2ccccc2)cc1-c1ccccc1)OC(C)=O.[O-][Cl+3]([O-])([O-])[O-]. The van der Waals surface area contributed by atoms with E-state index >= 15 is 0 Å². The molecule has 0 fully saturated rings. The Kier molecular flexibility index (Phi) is 10.9. The van der Waals surface area contributed by atoms with Crippen LogP contribution >= 0.6 is 0 Å². The average Bonchev–Trinajstić information content (AvgIpc) is 2.92. The molecule has 0 amide bonds. The van der Waals surface area contributed by atoms with E-state index < -0.39 is 28.3 Å². The molecule has 0 bridgehead atoms. The molecule has 208 valence electrons. The predicted octanol–water partition coefficient (Wildman–Crippen LogP) is 0.714. The molecule has 0 aliphatic heterocycles. The minimum Gasteiger partial charge on any atom is -0.462 e. The number of pyridine rings is 1. The van der Waals surface area contributed by atoms with Gasteiger partial charge in [0.15, 0.2) is 12.6 Å². The molecule has 1 aromatic heterocycles. The fourth-order valence-electron chi connectivity index (χ4n) is 4.08. The van der Waals surface area contributed by atoms with Gasteiger partial charge in [-0.2, -0.15) is 4.57 Å². The van der Waals surface area contributed by atoms with Gasteiger partial charge in [-0.1, -0.05) is 66.7 Å². The number of rotatable bonds is 8. The highest BCUT2D eigenvalue weighted by Gasteiger charge is 2.28. The normalized spacial score (nSPS) is 11.6. The van der Waals surface area contributed by atoms with Crippen LogP contribution in [-0.2, 0) is 25.6 Å². The lowest BCUT2D eigenvalue weighted by atomic mass is 9.99. The first kappa shape index (κ1) is 30.4. The van der Waals surface area contributed by atoms with Gasteiger partial charge in [0.2, 0.25) is 11.4 Å². The van der Waals surface area contributed by atoms with E-state index in [1.54, 1.807) is 0 Å². The van der Waals surface area contributed by atoms with Gasteiger partial charge < -0.3 is 9.47 Å². The summed E-state index contributed by atoms with van der Waals surface area (Å²) in [6.45, 7) is 3.00. The lowest BCUT2D eigenvalue weighted by Crippen LogP contribution is -2.68. The van der Waals surface area contributed by atoms with Crippen LogP contribution in [0, 0.1) is 10.2 Å². The molecule has 9 nitrogen and oxygen atoms in total. The van der Waals surface area contributed by atoms with Crippen molar-refractivity contribution in [2.75, 3.05) is 6.61 Å². The second-order valence-electron chi connectivity index (χ2n) is 8.64. The van der Waals surface area contributed by atoms with Crippen molar-refractivity contribution in [3.05, 3.63) is 103 Å². The molecule has 0 N–H and O–H groups in total. The fourth-order valence-corrected chi connectivity index (χ4v) is 4.08. The Bertz CT molecular complexity index is 1330. The van der Waals surface area contributed by atoms with Crippen LogP contribution in [-0.4, -0.2) is 24.6 Å². The van der Waals surface area contributed by atoms with Crippen molar-refractivity contribution < 1.29 is 52.5 Å². The van der Waals surface area contributed by atoms with E-state index in [1.807, 2.05) is 54.6 Å². The number of nitrogens with zero attached hydrogens (tertiary/aromatic N) is 1. The number of carbonyl (C=O) groups excluding carboxylic acids is 2. The zero-order valence-electron chi connectivity index (χ0n) is 21.9. The zero-order valence-corrected chi connectivity index (χ0v) is 22.7. The topological polar surface area (TPSA) is 149 Å². The number of esters is 2. The van der Waals surface area contributed by atoms with Gasteiger partial charge in [-0.05, 0) is 35.4 Å². The van der Waals surface area contributed by atoms with E-state index in [0.29, 0.717) is 6.54 Å². The van der Waals surface area contributed by atoms with E-state index in [0.717, 1.165) is 33.6 Å². The van der Waals surface area contributed by atoms with Gasteiger partial charge in [0.25, 0.3) is 0 Å². The molecule has 3 aromatic carbocycles. The van der Waals surface area contributed by atoms with Gasteiger partial charge >= 0.3 is 11.9 Å². The second kappa shape index (κ2) is 14.3. The van der Waals surface area contributed by atoms with Gasteiger partial charge in [-0.3, -0.25) is 9.59 Å². The van der Waals surface area contributed by atoms with E-state index in [9.17, 15) is 9.59 Å². The van der Waals surface area contributed by atoms with Crippen molar-refractivity contribution in [2.24, 2.45) is 0 Å². The molecule has 1 unspecified atom stereocenters. The maximum Gasteiger partial charge on any atom is 0.303 e. The molecule has 10 heteroatoms. The zero-order chi connectivity index (χ0) is 29.1. The minimum absolute atomic E-state index is 0.0230. The highest BCUT2D eigenvalue weighted by molar-refractivity contribution is 5.73. The summed E-state index contributed by atoms with van der Waals surface area (Å²) in [5, 5.41) is 0. The Morgan fingerprint density at radius 2 is 1.07 bits per heavy atom. The number of carbonyl (C=O) groups is 2. The molecular formula is C30H28ClNO8. The predicted molar refractivity (Wildman–Crippen MR) is 135 cm³/mol. The van der Waals surface area contributed by atoms with Crippen LogP contribution in [0.5, 0.6) is 0 Å². The highest BCUT2D eigenvalue weighted by atomic mass is 35.7. The molecule has 0 saturated heterocycles. The lowest BCUT2D eigenvalue weighted by Gasteiger charge is -2.18.